The van der Waals surface area contributed by atoms with Crippen LogP contribution in [0.2, 0.25) is 0 Å². The molecule has 3 aliphatic heterocycles. The molecule has 23 heavy (non-hydrogen) atoms. The minimum absolute atomic E-state index is 0.117. The van der Waals surface area contributed by atoms with Crippen molar-refractivity contribution in [3.63, 3.8) is 0 Å². The molecule has 0 spiro atoms. The van der Waals surface area contributed by atoms with E-state index in [4.69, 9.17) is 9.72 Å². The number of hydrogen-bond acceptors (Lipinski definition) is 5. The third kappa shape index (κ3) is 2.32. The van der Waals surface area contributed by atoms with Crippen molar-refractivity contribution in [2.75, 3.05) is 49.7 Å². The Morgan fingerprint density at radius 3 is 2.74 bits per heavy atom. The summed E-state index contributed by atoms with van der Waals surface area (Å²) in [5.41, 5.74) is 2.11. The quantitative estimate of drug-likeness (QED) is 0.817. The lowest BCUT2D eigenvalue weighted by Crippen LogP contribution is -2.63. The molecule has 1 amide bonds. The molecule has 6 nitrogen and oxygen atoms in total. The molecule has 124 valence electrons. The molecule has 0 bridgehead atoms. The van der Waals surface area contributed by atoms with Crippen molar-refractivity contribution >= 4 is 17.4 Å². The second kappa shape index (κ2) is 5.46. The lowest BCUT2D eigenvalue weighted by atomic mass is 9.97. The van der Waals surface area contributed by atoms with Crippen LogP contribution in [0.1, 0.15) is 25.3 Å². The Morgan fingerprint density at radius 2 is 2.09 bits per heavy atom. The molecule has 4 heterocycles. The zero-order valence-electron chi connectivity index (χ0n) is 14.0. The maximum absolute atomic E-state index is 12.9. The zero-order chi connectivity index (χ0) is 16.1. The molecule has 3 aliphatic rings. The first-order chi connectivity index (χ1) is 11.1. The molecule has 0 unspecified atom stereocenters. The van der Waals surface area contributed by atoms with Gasteiger partial charge < -0.3 is 14.5 Å². The second-order valence-corrected chi connectivity index (χ2v) is 7.04. The van der Waals surface area contributed by atoms with Crippen molar-refractivity contribution < 1.29 is 9.53 Å². The molecule has 2 saturated heterocycles. The Labute approximate surface area is 137 Å². The predicted octanol–water partition coefficient (Wildman–Crippen LogP) is 1.07. The van der Waals surface area contributed by atoms with Crippen molar-refractivity contribution in [3.8, 4) is 0 Å². The van der Waals surface area contributed by atoms with Crippen LogP contribution in [0.5, 0.6) is 0 Å². The van der Waals surface area contributed by atoms with Gasteiger partial charge in [0.25, 0.3) is 5.91 Å². The molecule has 0 aliphatic carbocycles. The smallest absolute Gasteiger partial charge is 0.250 e. The van der Waals surface area contributed by atoms with E-state index in [9.17, 15) is 4.79 Å². The van der Waals surface area contributed by atoms with Crippen LogP contribution in [0.15, 0.2) is 12.3 Å². The standard InChI is InChI=1S/C17H24N4O2/c1-11(2)20-4-5-21-15(8-20)17(22)19(3)14-6-12(7-18-16(14)21)13-9-23-10-13/h6-7,11,13,15H,4-5,8-10H2,1-3H3/t15-/m0/s1. The number of anilines is 2. The summed E-state index contributed by atoms with van der Waals surface area (Å²) in [5, 5.41) is 0. The Bertz CT molecular complexity index is 629. The number of amides is 1. The molecule has 0 N–H and O–H groups in total. The van der Waals surface area contributed by atoms with Gasteiger partial charge in [-0.05, 0) is 25.5 Å². The van der Waals surface area contributed by atoms with Crippen molar-refractivity contribution in [1.82, 2.24) is 9.88 Å². The first kappa shape index (κ1) is 14.9. The van der Waals surface area contributed by atoms with Gasteiger partial charge in [0, 0.05) is 44.8 Å². The van der Waals surface area contributed by atoms with Crippen LogP contribution < -0.4 is 9.80 Å². The fraction of sp³-hybridized carbons (Fsp3) is 0.647. The first-order valence-electron chi connectivity index (χ1n) is 8.42. The van der Waals surface area contributed by atoms with E-state index in [0.717, 1.165) is 44.4 Å². The number of hydrogen-bond donors (Lipinski definition) is 0. The minimum Gasteiger partial charge on any atom is -0.380 e. The van der Waals surface area contributed by atoms with Crippen LogP contribution in [-0.2, 0) is 9.53 Å². The highest BCUT2D eigenvalue weighted by atomic mass is 16.5. The fourth-order valence-corrected chi connectivity index (χ4v) is 3.66. The zero-order valence-corrected chi connectivity index (χ0v) is 14.0. The normalized spacial score (nSPS) is 25.4. The van der Waals surface area contributed by atoms with Gasteiger partial charge in [-0.15, -0.1) is 0 Å². The predicted molar refractivity (Wildman–Crippen MR) is 89.1 cm³/mol. The molecular weight excluding hydrogens is 292 g/mol. The van der Waals surface area contributed by atoms with E-state index >= 15 is 0 Å². The van der Waals surface area contributed by atoms with Gasteiger partial charge in [0.1, 0.15) is 6.04 Å². The third-order valence-corrected chi connectivity index (χ3v) is 5.37. The van der Waals surface area contributed by atoms with E-state index in [1.807, 2.05) is 13.2 Å². The molecule has 1 atom stereocenters. The van der Waals surface area contributed by atoms with Crippen LogP contribution in [0, 0.1) is 0 Å². The van der Waals surface area contributed by atoms with E-state index in [1.165, 1.54) is 5.56 Å². The van der Waals surface area contributed by atoms with E-state index < -0.39 is 0 Å². The Kier molecular flexibility index (Phi) is 3.54. The Balaban J connectivity index is 1.67. The number of fused-ring (bicyclic) bond motifs is 3. The summed E-state index contributed by atoms with van der Waals surface area (Å²) in [6.45, 7) is 8.50. The maximum atomic E-state index is 12.9. The van der Waals surface area contributed by atoms with Gasteiger partial charge in [0.15, 0.2) is 5.82 Å². The molecule has 0 saturated carbocycles. The van der Waals surface area contributed by atoms with Gasteiger partial charge in [-0.2, -0.15) is 0 Å². The third-order valence-electron chi connectivity index (χ3n) is 5.37. The SMILES string of the molecule is CC(C)N1CCN2c3ncc(C4COC4)cc3N(C)C(=O)[C@@H]2C1. The maximum Gasteiger partial charge on any atom is 0.250 e. The monoisotopic (exact) mass is 316 g/mol. The van der Waals surface area contributed by atoms with Crippen molar-refractivity contribution in [1.29, 1.82) is 0 Å². The van der Waals surface area contributed by atoms with E-state index in [2.05, 4.69) is 29.7 Å². The molecule has 0 aromatic carbocycles. The largest absolute Gasteiger partial charge is 0.380 e. The van der Waals surface area contributed by atoms with E-state index in [1.54, 1.807) is 4.90 Å². The highest BCUT2D eigenvalue weighted by Gasteiger charge is 2.41. The van der Waals surface area contributed by atoms with Gasteiger partial charge in [0.05, 0.1) is 18.9 Å². The van der Waals surface area contributed by atoms with Gasteiger partial charge in [0.2, 0.25) is 0 Å². The highest BCUT2D eigenvalue weighted by Crippen LogP contribution is 2.37. The summed E-state index contributed by atoms with van der Waals surface area (Å²) < 4.78 is 5.28. The average Bonchev–Trinajstić information content (AvgIpc) is 2.50. The molecule has 2 fully saturated rings. The van der Waals surface area contributed by atoms with Gasteiger partial charge in [-0.25, -0.2) is 4.98 Å². The van der Waals surface area contributed by atoms with Gasteiger partial charge in [-0.3, -0.25) is 9.69 Å². The lowest BCUT2D eigenvalue weighted by molar-refractivity contribution is -0.121. The average molecular weight is 316 g/mol. The van der Waals surface area contributed by atoms with Crippen molar-refractivity contribution in [3.05, 3.63) is 17.8 Å². The van der Waals surface area contributed by atoms with Crippen LogP contribution in [0.3, 0.4) is 0 Å². The fourth-order valence-electron chi connectivity index (χ4n) is 3.66. The summed E-state index contributed by atoms with van der Waals surface area (Å²) in [6, 6.07) is 2.47. The van der Waals surface area contributed by atoms with Crippen LogP contribution in [-0.4, -0.2) is 67.8 Å². The first-order valence-corrected chi connectivity index (χ1v) is 8.42. The summed E-state index contributed by atoms with van der Waals surface area (Å²) in [6.07, 6.45) is 1.96. The molecule has 6 heteroatoms. The second-order valence-electron chi connectivity index (χ2n) is 7.04. The highest BCUT2D eigenvalue weighted by molar-refractivity contribution is 6.04. The summed E-state index contributed by atoms with van der Waals surface area (Å²) >= 11 is 0. The van der Waals surface area contributed by atoms with E-state index in [-0.39, 0.29) is 11.9 Å². The van der Waals surface area contributed by atoms with Crippen molar-refractivity contribution in [2.24, 2.45) is 0 Å². The number of carbonyl (C=O) groups excluding carboxylic acids is 1. The lowest BCUT2D eigenvalue weighted by Gasteiger charge is -2.47. The number of rotatable bonds is 2. The van der Waals surface area contributed by atoms with Crippen molar-refractivity contribution in [2.45, 2.75) is 31.8 Å². The number of nitrogens with zero attached hydrogens (tertiary/aromatic N) is 4. The Hall–Kier alpha value is -1.66. The van der Waals surface area contributed by atoms with Crippen LogP contribution in [0.4, 0.5) is 11.5 Å². The molecule has 0 radical (unpaired) electrons. The molecule has 1 aromatic rings. The number of likely N-dealkylation sites (N-methyl/N-ethyl adjacent to an activating group) is 1. The Morgan fingerprint density at radius 1 is 1.30 bits per heavy atom. The van der Waals surface area contributed by atoms with E-state index in [0.29, 0.717) is 12.0 Å². The molecular formula is C17H24N4O2. The summed E-state index contributed by atoms with van der Waals surface area (Å²) in [4.78, 5) is 23.9. The van der Waals surface area contributed by atoms with Crippen LogP contribution >= 0.6 is 0 Å². The summed E-state index contributed by atoms with van der Waals surface area (Å²) in [5.74, 6) is 1.54. The van der Waals surface area contributed by atoms with Gasteiger partial charge >= 0.3 is 0 Å². The van der Waals surface area contributed by atoms with Gasteiger partial charge in [-0.1, -0.05) is 0 Å². The topological polar surface area (TPSA) is 48.9 Å². The number of aromatic nitrogens is 1. The van der Waals surface area contributed by atoms with Crippen LogP contribution in [0.25, 0.3) is 0 Å². The molecule has 4 rings (SSSR count). The summed E-state index contributed by atoms with van der Waals surface area (Å²) in [7, 11) is 1.87. The number of ether oxygens (including phenoxy) is 1. The molecule has 1 aromatic heterocycles. The number of piperazine rings is 1. The minimum atomic E-state index is -0.117. The number of carbonyl (C=O) groups is 1. The number of pyridine rings is 1.